The number of piperidine rings is 1. The fraction of sp³-hybridized carbons (Fsp3) is 0.500. The Labute approximate surface area is 125 Å². The van der Waals surface area contributed by atoms with Crippen LogP contribution in [-0.2, 0) is 9.59 Å². The van der Waals surface area contributed by atoms with Gasteiger partial charge in [-0.05, 0) is 18.4 Å². The number of hydrogen-bond donors (Lipinski definition) is 2. The van der Waals surface area contributed by atoms with Crippen LogP contribution in [0.15, 0.2) is 30.3 Å². The van der Waals surface area contributed by atoms with Crippen molar-refractivity contribution in [1.29, 1.82) is 0 Å². The highest BCUT2D eigenvalue weighted by Crippen LogP contribution is 2.24. The Morgan fingerprint density at radius 3 is 2.29 bits per heavy atom. The van der Waals surface area contributed by atoms with E-state index in [0.717, 1.165) is 5.56 Å². The van der Waals surface area contributed by atoms with Gasteiger partial charge in [-0.3, -0.25) is 9.59 Å². The first-order chi connectivity index (χ1) is 10.0. The summed E-state index contributed by atoms with van der Waals surface area (Å²) >= 11 is 0. The molecule has 21 heavy (non-hydrogen) atoms. The standard InChI is InChI=1S/C16H23N3O2/c1-11(14(17)12-5-3-2-4-6-12)16(21)19-9-7-13(8-10-19)15(18)20/h2-6,11,13-14H,7-10,17H2,1H3,(H2,18,20). The van der Waals surface area contributed by atoms with Gasteiger partial charge in [-0.2, -0.15) is 0 Å². The monoisotopic (exact) mass is 289 g/mol. The van der Waals surface area contributed by atoms with E-state index in [4.69, 9.17) is 11.5 Å². The number of primary amides is 1. The number of benzene rings is 1. The molecule has 2 amide bonds. The van der Waals surface area contributed by atoms with Gasteiger partial charge in [-0.1, -0.05) is 37.3 Å². The van der Waals surface area contributed by atoms with E-state index in [-0.39, 0.29) is 29.7 Å². The summed E-state index contributed by atoms with van der Waals surface area (Å²) in [5.41, 5.74) is 12.5. The van der Waals surface area contributed by atoms with Crippen LogP contribution in [0.5, 0.6) is 0 Å². The molecule has 0 aliphatic carbocycles. The number of nitrogens with two attached hydrogens (primary N) is 2. The Hall–Kier alpha value is -1.88. The summed E-state index contributed by atoms with van der Waals surface area (Å²) in [6.07, 6.45) is 1.29. The van der Waals surface area contributed by atoms with Crippen LogP contribution in [0.1, 0.15) is 31.4 Å². The Balaban J connectivity index is 1.96. The van der Waals surface area contributed by atoms with Crippen molar-refractivity contribution in [3.63, 3.8) is 0 Å². The molecule has 114 valence electrons. The van der Waals surface area contributed by atoms with E-state index in [1.807, 2.05) is 37.3 Å². The minimum Gasteiger partial charge on any atom is -0.369 e. The summed E-state index contributed by atoms with van der Waals surface area (Å²) in [4.78, 5) is 25.5. The second-order valence-electron chi connectivity index (χ2n) is 5.73. The maximum Gasteiger partial charge on any atom is 0.227 e. The van der Waals surface area contributed by atoms with E-state index in [0.29, 0.717) is 25.9 Å². The topological polar surface area (TPSA) is 89.4 Å². The van der Waals surface area contributed by atoms with Crippen molar-refractivity contribution in [1.82, 2.24) is 4.90 Å². The van der Waals surface area contributed by atoms with Crippen molar-refractivity contribution in [2.24, 2.45) is 23.3 Å². The highest BCUT2D eigenvalue weighted by atomic mass is 16.2. The average Bonchev–Trinajstić information content (AvgIpc) is 2.53. The highest BCUT2D eigenvalue weighted by Gasteiger charge is 2.30. The first-order valence-electron chi connectivity index (χ1n) is 7.39. The zero-order valence-corrected chi connectivity index (χ0v) is 12.4. The molecule has 1 aliphatic heterocycles. The molecule has 1 aromatic rings. The van der Waals surface area contributed by atoms with Gasteiger partial charge in [0, 0.05) is 25.0 Å². The molecule has 2 unspecified atom stereocenters. The van der Waals surface area contributed by atoms with Crippen molar-refractivity contribution in [3.8, 4) is 0 Å². The van der Waals surface area contributed by atoms with E-state index in [1.54, 1.807) is 4.90 Å². The molecule has 1 heterocycles. The molecule has 0 radical (unpaired) electrons. The summed E-state index contributed by atoms with van der Waals surface area (Å²) in [7, 11) is 0. The maximum atomic E-state index is 12.5. The fourth-order valence-corrected chi connectivity index (χ4v) is 2.79. The number of amides is 2. The van der Waals surface area contributed by atoms with Crippen LogP contribution in [0.2, 0.25) is 0 Å². The molecular formula is C16H23N3O2. The molecule has 4 N–H and O–H groups in total. The lowest BCUT2D eigenvalue weighted by Gasteiger charge is -2.33. The number of likely N-dealkylation sites (tertiary alicyclic amines) is 1. The van der Waals surface area contributed by atoms with Crippen LogP contribution in [0.25, 0.3) is 0 Å². The third-order valence-corrected chi connectivity index (χ3v) is 4.32. The van der Waals surface area contributed by atoms with Crippen molar-refractivity contribution in [3.05, 3.63) is 35.9 Å². The van der Waals surface area contributed by atoms with Crippen molar-refractivity contribution in [2.75, 3.05) is 13.1 Å². The molecule has 5 heteroatoms. The minimum absolute atomic E-state index is 0.0503. The van der Waals surface area contributed by atoms with E-state index >= 15 is 0 Å². The predicted octanol–water partition coefficient (Wildman–Crippen LogP) is 1.05. The van der Waals surface area contributed by atoms with E-state index in [1.165, 1.54) is 0 Å². The van der Waals surface area contributed by atoms with Crippen molar-refractivity contribution in [2.45, 2.75) is 25.8 Å². The van der Waals surface area contributed by atoms with Gasteiger partial charge < -0.3 is 16.4 Å². The number of hydrogen-bond acceptors (Lipinski definition) is 3. The third kappa shape index (κ3) is 3.61. The van der Waals surface area contributed by atoms with Gasteiger partial charge in [0.2, 0.25) is 11.8 Å². The van der Waals surface area contributed by atoms with Gasteiger partial charge in [0.1, 0.15) is 0 Å². The average molecular weight is 289 g/mol. The SMILES string of the molecule is CC(C(=O)N1CCC(C(N)=O)CC1)C(N)c1ccccc1. The number of rotatable bonds is 4. The second-order valence-corrected chi connectivity index (χ2v) is 5.73. The van der Waals surface area contributed by atoms with E-state index in [2.05, 4.69) is 0 Å². The fourth-order valence-electron chi connectivity index (χ4n) is 2.79. The van der Waals surface area contributed by atoms with Crippen LogP contribution >= 0.6 is 0 Å². The van der Waals surface area contributed by atoms with E-state index in [9.17, 15) is 9.59 Å². The lowest BCUT2D eigenvalue weighted by molar-refractivity contribution is -0.138. The first-order valence-corrected chi connectivity index (χ1v) is 7.39. The molecule has 1 aromatic carbocycles. The van der Waals surface area contributed by atoms with Gasteiger partial charge in [0.05, 0.1) is 5.92 Å². The Morgan fingerprint density at radius 2 is 1.76 bits per heavy atom. The van der Waals surface area contributed by atoms with Crippen LogP contribution < -0.4 is 11.5 Å². The molecule has 0 spiro atoms. The van der Waals surface area contributed by atoms with Gasteiger partial charge in [0.15, 0.2) is 0 Å². The largest absolute Gasteiger partial charge is 0.369 e. The molecule has 5 nitrogen and oxygen atoms in total. The molecule has 1 aliphatic rings. The lowest BCUT2D eigenvalue weighted by atomic mass is 9.91. The smallest absolute Gasteiger partial charge is 0.227 e. The summed E-state index contributed by atoms with van der Waals surface area (Å²) in [6, 6.07) is 9.33. The van der Waals surface area contributed by atoms with Gasteiger partial charge >= 0.3 is 0 Å². The second kappa shape index (κ2) is 6.72. The number of carbonyl (C=O) groups excluding carboxylic acids is 2. The first kappa shape index (κ1) is 15.5. The van der Waals surface area contributed by atoms with Crippen LogP contribution in [0, 0.1) is 11.8 Å². The summed E-state index contributed by atoms with van der Waals surface area (Å²) in [5.74, 6) is -0.602. The Kier molecular flexibility index (Phi) is 4.96. The number of carbonyl (C=O) groups is 2. The molecule has 0 bridgehead atoms. The van der Waals surface area contributed by atoms with E-state index < -0.39 is 0 Å². The Bertz CT molecular complexity index is 496. The minimum atomic E-state index is -0.312. The molecule has 1 fully saturated rings. The quantitative estimate of drug-likeness (QED) is 0.868. The van der Waals surface area contributed by atoms with Crippen LogP contribution in [-0.4, -0.2) is 29.8 Å². The molecule has 2 atom stereocenters. The lowest BCUT2D eigenvalue weighted by Crippen LogP contribution is -2.45. The van der Waals surface area contributed by atoms with Gasteiger partial charge in [0.25, 0.3) is 0 Å². The van der Waals surface area contributed by atoms with Gasteiger partial charge in [-0.15, -0.1) is 0 Å². The molecule has 1 saturated heterocycles. The molecule has 0 aromatic heterocycles. The van der Waals surface area contributed by atoms with Crippen molar-refractivity contribution >= 4 is 11.8 Å². The van der Waals surface area contributed by atoms with Crippen LogP contribution in [0.4, 0.5) is 0 Å². The summed E-state index contributed by atoms with van der Waals surface area (Å²) in [5, 5.41) is 0. The zero-order valence-electron chi connectivity index (χ0n) is 12.4. The molecular weight excluding hydrogens is 266 g/mol. The highest BCUT2D eigenvalue weighted by molar-refractivity contribution is 5.80. The summed E-state index contributed by atoms with van der Waals surface area (Å²) < 4.78 is 0. The van der Waals surface area contributed by atoms with Gasteiger partial charge in [-0.25, -0.2) is 0 Å². The summed E-state index contributed by atoms with van der Waals surface area (Å²) in [6.45, 7) is 3.02. The molecule has 0 saturated carbocycles. The normalized spacial score (nSPS) is 19.0. The number of nitrogens with zero attached hydrogens (tertiary/aromatic N) is 1. The predicted molar refractivity (Wildman–Crippen MR) is 81.0 cm³/mol. The maximum absolute atomic E-state index is 12.5. The zero-order chi connectivity index (χ0) is 15.4. The third-order valence-electron chi connectivity index (χ3n) is 4.32. The molecule has 2 rings (SSSR count). The van der Waals surface area contributed by atoms with Crippen molar-refractivity contribution < 1.29 is 9.59 Å². The van der Waals surface area contributed by atoms with Crippen LogP contribution in [0.3, 0.4) is 0 Å². The Morgan fingerprint density at radius 1 is 1.19 bits per heavy atom.